The van der Waals surface area contributed by atoms with Crippen LogP contribution in [0.2, 0.25) is 0 Å². The molecule has 0 aliphatic heterocycles. The molecule has 0 bridgehead atoms. The molecule has 0 saturated heterocycles. The second-order valence-corrected chi connectivity index (χ2v) is 5.90. The van der Waals surface area contributed by atoms with Crippen molar-refractivity contribution < 1.29 is 0 Å². The first-order valence-corrected chi connectivity index (χ1v) is 7.51. The van der Waals surface area contributed by atoms with Crippen molar-refractivity contribution in [2.24, 2.45) is 5.41 Å². The van der Waals surface area contributed by atoms with Gasteiger partial charge in [0.15, 0.2) is 0 Å². The summed E-state index contributed by atoms with van der Waals surface area (Å²) < 4.78 is 0. The van der Waals surface area contributed by atoms with Gasteiger partial charge in [-0.25, -0.2) is 0 Å². The Hall–Kier alpha value is -0.340. The molecule has 0 unspecified atom stereocenters. The third-order valence-corrected chi connectivity index (χ3v) is 4.82. The van der Waals surface area contributed by atoms with Crippen LogP contribution in [0.5, 0.6) is 0 Å². The van der Waals surface area contributed by atoms with Gasteiger partial charge in [0.05, 0.1) is 0 Å². The monoisotopic (exact) mass is 237 g/mol. The van der Waals surface area contributed by atoms with E-state index in [0.717, 1.165) is 6.54 Å². The standard InChI is InChI=1S/C14H23NS/c1-2-14(7-3-4-8-14)12-15-9-5-13-6-10-16-11-13/h6,10-11,15H,2-5,7-9,12H2,1H3. The summed E-state index contributed by atoms with van der Waals surface area (Å²) >= 11 is 1.80. The highest BCUT2D eigenvalue weighted by Crippen LogP contribution is 2.40. The molecule has 0 radical (unpaired) electrons. The van der Waals surface area contributed by atoms with Gasteiger partial charge in [-0.2, -0.15) is 11.3 Å². The lowest BCUT2D eigenvalue weighted by Crippen LogP contribution is -2.32. The van der Waals surface area contributed by atoms with Crippen LogP contribution in [0.4, 0.5) is 0 Å². The van der Waals surface area contributed by atoms with E-state index in [0.29, 0.717) is 5.41 Å². The first kappa shape index (κ1) is 12.1. The van der Waals surface area contributed by atoms with E-state index in [-0.39, 0.29) is 0 Å². The third-order valence-electron chi connectivity index (χ3n) is 4.08. The van der Waals surface area contributed by atoms with Crippen molar-refractivity contribution in [2.45, 2.75) is 45.4 Å². The van der Waals surface area contributed by atoms with Crippen LogP contribution in [0.1, 0.15) is 44.6 Å². The molecule has 1 aromatic rings. The molecule has 16 heavy (non-hydrogen) atoms. The van der Waals surface area contributed by atoms with Gasteiger partial charge in [0.2, 0.25) is 0 Å². The van der Waals surface area contributed by atoms with E-state index in [1.54, 1.807) is 11.3 Å². The largest absolute Gasteiger partial charge is 0.316 e. The number of thiophene rings is 1. The summed E-state index contributed by atoms with van der Waals surface area (Å²) in [6, 6.07) is 2.23. The van der Waals surface area contributed by atoms with E-state index in [1.807, 2.05) is 0 Å². The minimum absolute atomic E-state index is 0.634. The smallest absolute Gasteiger partial charge is 0.000783 e. The van der Waals surface area contributed by atoms with Crippen molar-refractivity contribution in [3.05, 3.63) is 22.4 Å². The summed E-state index contributed by atoms with van der Waals surface area (Å²) in [7, 11) is 0. The highest BCUT2D eigenvalue weighted by Gasteiger charge is 2.31. The predicted molar refractivity (Wildman–Crippen MR) is 72.1 cm³/mol. The Kier molecular flexibility index (Phi) is 4.42. The Balaban J connectivity index is 1.67. The highest BCUT2D eigenvalue weighted by atomic mass is 32.1. The molecular weight excluding hydrogens is 214 g/mol. The summed E-state index contributed by atoms with van der Waals surface area (Å²) in [5, 5.41) is 8.09. The third kappa shape index (κ3) is 3.08. The molecule has 0 amide bonds. The maximum absolute atomic E-state index is 3.66. The fourth-order valence-corrected chi connectivity index (χ4v) is 3.50. The average molecular weight is 237 g/mol. The van der Waals surface area contributed by atoms with Gasteiger partial charge in [-0.05, 0) is 60.0 Å². The van der Waals surface area contributed by atoms with Crippen molar-refractivity contribution >= 4 is 11.3 Å². The van der Waals surface area contributed by atoms with Gasteiger partial charge in [0, 0.05) is 6.54 Å². The van der Waals surface area contributed by atoms with Crippen LogP contribution in [-0.2, 0) is 6.42 Å². The molecule has 0 spiro atoms. The molecule has 1 fully saturated rings. The molecule has 0 aromatic carbocycles. The molecule has 0 atom stereocenters. The Morgan fingerprint density at radius 3 is 2.81 bits per heavy atom. The van der Waals surface area contributed by atoms with E-state index in [4.69, 9.17) is 0 Å². The summed E-state index contributed by atoms with van der Waals surface area (Å²) in [4.78, 5) is 0. The molecule has 1 heterocycles. The Labute approximate surface area is 103 Å². The Bertz CT molecular complexity index is 286. The number of rotatable bonds is 6. The summed E-state index contributed by atoms with van der Waals surface area (Å²) in [5.74, 6) is 0. The van der Waals surface area contributed by atoms with Crippen LogP contribution in [0, 0.1) is 5.41 Å². The molecule has 1 N–H and O–H groups in total. The van der Waals surface area contributed by atoms with E-state index < -0.39 is 0 Å². The molecule has 1 nitrogen and oxygen atoms in total. The SMILES string of the molecule is CCC1(CNCCc2ccsc2)CCCC1. The van der Waals surface area contributed by atoms with Crippen LogP contribution in [0.15, 0.2) is 16.8 Å². The van der Waals surface area contributed by atoms with E-state index in [9.17, 15) is 0 Å². The van der Waals surface area contributed by atoms with Crippen LogP contribution >= 0.6 is 11.3 Å². The lowest BCUT2D eigenvalue weighted by molar-refractivity contribution is 0.270. The Morgan fingerprint density at radius 2 is 2.19 bits per heavy atom. The zero-order chi connectivity index (χ0) is 11.3. The van der Waals surface area contributed by atoms with Gasteiger partial charge in [-0.1, -0.05) is 19.8 Å². The van der Waals surface area contributed by atoms with Crippen molar-refractivity contribution in [3.8, 4) is 0 Å². The topological polar surface area (TPSA) is 12.0 Å². The Morgan fingerprint density at radius 1 is 1.38 bits per heavy atom. The normalized spacial score (nSPS) is 19.1. The number of hydrogen-bond acceptors (Lipinski definition) is 2. The lowest BCUT2D eigenvalue weighted by atomic mass is 9.83. The van der Waals surface area contributed by atoms with Gasteiger partial charge in [0.1, 0.15) is 0 Å². The zero-order valence-corrected chi connectivity index (χ0v) is 11.1. The van der Waals surface area contributed by atoms with Gasteiger partial charge in [-0.3, -0.25) is 0 Å². The second-order valence-electron chi connectivity index (χ2n) is 5.12. The molecule has 2 heteroatoms. The highest BCUT2D eigenvalue weighted by molar-refractivity contribution is 7.07. The van der Waals surface area contributed by atoms with Crippen molar-refractivity contribution in [1.82, 2.24) is 5.32 Å². The molecule has 1 aliphatic rings. The second kappa shape index (κ2) is 5.83. The number of nitrogens with one attached hydrogen (secondary N) is 1. The first-order chi connectivity index (χ1) is 7.85. The maximum Gasteiger partial charge on any atom is 0.000783 e. The van der Waals surface area contributed by atoms with E-state index in [1.165, 1.54) is 50.6 Å². The van der Waals surface area contributed by atoms with Crippen molar-refractivity contribution in [3.63, 3.8) is 0 Å². The average Bonchev–Trinajstić information content (AvgIpc) is 2.97. The van der Waals surface area contributed by atoms with Crippen molar-refractivity contribution in [1.29, 1.82) is 0 Å². The number of hydrogen-bond donors (Lipinski definition) is 1. The van der Waals surface area contributed by atoms with Gasteiger partial charge in [-0.15, -0.1) is 0 Å². The fourth-order valence-electron chi connectivity index (χ4n) is 2.80. The van der Waals surface area contributed by atoms with Crippen molar-refractivity contribution in [2.75, 3.05) is 13.1 Å². The quantitative estimate of drug-likeness (QED) is 0.741. The van der Waals surface area contributed by atoms with Gasteiger partial charge >= 0.3 is 0 Å². The molecular formula is C14H23NS. The maximum atomic E-state index is 3.66. The van der Waals surface area contributed by atoms with E-state index in [2.05, 4.69) is 29.1 Å². The molecule has 1 saturated carbocycles. The minimum Gasteiger partial charge on any atom is -0.316 e. The zero-order valence-electron chi connectivity index (χ0n) is 10.3. The van der Waals surface area contributed by atoms with Gasteiger partial charge < -0.3 is 5.32 Å². The van der Waals surface area contributed by atoms with Crippen LogP contribution in [0.3, 0.4) is 0 Å². The van der Waals surface area contributed by atoms with Crippen LogP contribution in [0.25, 0.3) is 0 Å². The van der Waals surface area contributed by atoms with Gasteiger partial charge in [0.25, 0.3) is 0 Å². The van der Waals surface area contributed by atoms with Crippen LogP contribution in [-0.4, -0.2) is 13.1 Å². The van der Waals surface area contributed by atoms with Crippen LogP contribution < -0.4 is 5.32 Å². The first-order valence-electron chi connectivity index (χ1n) is 6.56. The summed E-state index contributed by atoms with van der Waals surface area (Å²) in [6.45, 7) is 4.72. The van der Waals surface area contributed by atoms with E-state index >= 15 is 0 Å². The fraction of sp³-hybridized carbons (Fsp3) is 0.714. The molecule has 1 aliphatic carbocycles. The molecule has 90 valence electrons. The lowest BCUT2D eigenvalue weighted by Gasteiger charge is -2.27. The summed E-state index contributed by atoms with van der Waals surface area (Å²) in [5.41, 5.74) is 2.11. The summed E-state index contributed by atoms with van der Waals surface area (Å²) in [6.07, 6.45) is 8.30. The molecule has 2 rings (SSSR count). The molecule has 1 aromatic heterocycles. The minimum atomic E-state index is 0.634. The predicted octanol–water partition coefficient (Wildman–Crippen LogP) is 3.85.